The normalized spacial score (nSPS) is 42.4. The van der Waals surface area contributed by atoms with E-state index in [-0.39, 0.29) is 29.3 Å². The molecule has 0 aliphatic heterocycles. The molecule has 0 radical (unpaired) electrons. The van der Waals surface area contributed by atoms with E-state index in [1.54, 1.807) is 0 Å². The highest BCUT2D eigenvalue weighted by atomic mass is 16.4. The number of aliphatic hydroxyl groups is 1. The van der Waals surface area contributed by atoms with Crippen molar-refractivity contribution in [2.45, 2.75) is 64.9 Å². The van der Waals surface area contributed by atoms with Gasteiger partial charge in [-0.05, 0) is 90.2 Å². The molecule has 4 aliphatic rings. The van der Waals surface area contributed by atoms with Gasteiger partial charge in [-0.25, -0.2) is 0 Å². The van der Waals surface area contributed by atoms with Crippen LogP contribution in [0.15, 0.2) is 42.3 Å². The summed E-state index contributed by atoms with van der Waals surface area (Å²) in [6.45, 7) is 4.80. The van der Waals surface area contributed by atoms with Crippen LogP contribution in [-0.2, 0) is 4.79 Å². The zero-order chi connectivity index (χ0) is 21.1. The van der Waals surface area contributed by atoms with Crippen LogP contribution in [0.4, 0.5) is 0 Å². The lowest BCUT2D eigenvalue weighted by Crippen LogP contribution is -2.52. The molecule has 2 N–H and O–H groups in total. The molecule has 4 nitrogen and oxygen atoms in total. The number of carboxylic acids is 1. The van der Waals surface area contributed by atoms with Crippen LogP contribution in [0.25, 0.3) is 5.57 Å². The summed E-state index contributed by atoms with van der Waals surface area (Å²) < 4.78 is 0. The molecule has 5 rings (SSSR count). The third-order valence-electron chi connectivity index (χ3n) is 9.21. The summed E-state index contributed by atoms with van der Waals surface area (Å²) in [5.74, 6) is 0.717. The van der Waals surface area contributed by atoms with Gasteiger partial charge in [0.2, 0.25) is 0 Å². The van der Waals surface area contributed by atoms with Crippen molar-refractivity contribution in [3.8, 4) is 0 Å². The summed E-state index contributed by atoms with van der Waals surface area (Å²) >= 11 is 0. The number of aliphatic carboxylic acids is 1. The van der Waals surface area contributed by atoms with Crippen LogP contribution in [0, 0.1) is 34.5 Å². The lowest BCUT2D eigenvalue weighted by Gasteiger charge is -2.59. The predicted molar refractivity (Wildman–Crippen MR) is 116 cm³/mol. The molecule has 0 saturated heterocycles. The Morgan fingerprint density at radius 3 is 2.73 bits per heavy atom. The molecule has 4 heteroatoms. The fraction of sp³-hybridized carbons (Fsp3) is 0.615. The minimum atomic E-state index is -0.707. The van der Waals surface area contributed by atoms with Crippen molar-refractivity contribution >= 4 is 11.5 Å². The van der Waals surface area contributed by atoms with Gasteiger partial charge in [0.1, 0.15) is 0 Å². The van der Waals surface area contributed by atoms with Crippen molar-refractivity contribution in [1.29, 1.82) is 0 Å². The van der Waals surface area contributed by atoms with Crippen molar-refractivity contribution in [3.63, 3.8) is 0 Å². The molecule has 0 spiro atoms. The van der Waals surface area contributed by atoms with E-state index in [1.165, 1.54) is 16.7 Å². The second kappa shape index (κ2) is 7.05. The number of hydrogen-bond acceptors (Lipinski definition) is 3. The molecule has 0 aromatic carbocycles. The van der Waals surface area contributed by atoms with E-state index < -0.39 is 5.97 Å². The van der Waals surface area contributed by atoms with Gasteiger partial charge in [0.15, 0.2) is 0 Å². The average Bonchev–Trinajstić information content (AvgIpc) is 3.06. The van der Waals surface area contributed by atoms with Gasteiger partial charge >= 0.3 is 5.97 Å². The zero-order valence-corrected chi connectivity index (χ0v) is 18.1. The Hall–Kier alpha value is -1.94. The van der Waals surface area contributed by atoms with E-state index in [2.05, 4.69) is 37.0 Å². The number of carbonyl (C=O) groups is 1. The number of aromatic nitrogens is 1. The van der Waals surface area contributed by atoms with Gasteiger partial charge in [0.05, 0.1) is 12.5 Å². The number of nitrogens with zero attached hydrogens (tertiary/aromatic N) is 1. The Morgan fingerprint density at radius 2 is 2.00 bits per heavy atom. The molecule has 30 heavy (non-hydrogen) atoms. The van der Waals surface area contributed by atoms with Crippen molar-refractivity contribution in [1.82, 2.24) is 4.98 Å². The average molecular weight is 408 g/mol. The quantitative estimate of drug-likeness (QED) is 0.684. The maximum Gasteiger partial charge on any atom is 0.303 e. The second-order valence-corrected chi connectivity index (χ2v) is 10.6. The monoisotopic (exact) mass is 407 g/mol. The lowest BCUT2D eigenvalue weighted by molar-refractivity contribution is -0.139. The van der Waals surface area contributed by atoms with Crippen molar-refractivity contribution < 1.29 is 15.0 Å². The van der Waals surface area contributed by atoms with Crippen LogP contribution >= 0.6 is 0 Å². The molecular formula is C26H33NO3. The largest absolute Gasteiger partial charge is 0.481 e. The van der Waals surface area contributed by atoms with Crippen LogP contribution in [-0.4, -0.2) is 27.3 Å². The molecule has 1 heterocycles. The number of carboxylic acid groups (broad SMARTS) is 1. The molecular weight excluding hydrogens is 374 g/mol. The first-order valence-corrected chi connectivity index (χ1v) is 11.5. The van der Waals surface area contributed by atoms with Gasteiger partial charge in [0, 0.05) is 12.4 Å². The van der Waals surface area contributed by atoms with E-state index >= 15 is 0 Å². The Morgan fingerprint density at radius 1 is 1.20 bits per heavy atom. The summed E-state index contributed by atoms with van der Waals surface area (Å²) in [5, 5.41) is 20.0. The summed E-state index contributed by atoms with van der Waals surface area (Å²) in [7, 11) is 0. The van der Waals surface area contributed by atoms with Crippen LogP contribution in [0.3, 0.4) is 0 Å². The molecule has 0 unspecified atom stereocenters. The number of fused-ring (bicyclic) bond motifs is 5. The van der Waals surface area contributed by atoms with Gasteiger partial charge in [-0.1, -0.05) is 37.6 Å². The topological polar surface area (TPSA) is 70.4 Å². The first-order valence-electron chi connectivity index (χ1n) is 11.5. The predicted octanol–water partition coefficient (Wildman–Crippen LogP) is 5.10. The van der Waals surface area contributed by atoms with E-state index in [0.717, 1.165) is 38.5 Å². The van der Waals surface area contributed by atoms with Crippen LogP contribution < -0.4 is 0 Å². The fourth-order valence-corrected chi connectivity index (χ4v) is 7.74. The molecule has 7 atom stereocenters. The minimum Gasteiger partial charge on any atom is -0.481 e. The highest BCUT2D eigenvalue weighted by Gasteiger charge is 2.59. The summed E-state index contributed by atoms with van der Waals surface area (Å²) in [5.41, 5.74) is 4.14. The Bertz CT molecular complexity index is 906. The van der Waals surface area contributed by atoms with E-state index in [4.69, 9.17) is 0 Å². The highest BCUT2D eigenvalue weighted by Crippen LogP contribution is 2.67. The third kappa shape index (κ3) is 2.90. The van der Waals surface area contributed by atoms with E-state index in [9.17, 15) is 15.0 Å². The van der Waals surface area contributed by atoms with Crippen LogP contribution in [0.1, 0.15) is 64.4 Å². The van der Waals surface area contributed by atoms with Gasteiger partial charge in [-0.2, -0.15) is 0 Å². The van der Waals surface area contributed by atoms with Gasteiger partial charge < -0.3 is 10.2 Å². The van der Waals surface area contributed by atoms with Gasteiger partial charge in [0.25, 0.3) is 0 Å². The molecule has 4 aliphatic carbocycles. The smallest absolute Gasteiger partial charge is 0.303 e. The molecule has 0 bridgehead atoms. The van der Waals surface area contributed by atoms with Gasteiger partial charge in [-0.3, -0.25) is 9.78 Å². The summed E-state index contributed by atoms with van der Waals surface area (Å²) in [4.78, 5) is 16.2. The molecule has 2 saturated carbocycles. The third-order valence-corrected chi connectivity index (χ3v) is 9.21. The number of rotatable bonds is 3. The van der Waals surface area contributed by atoms with E-state index in [0.29, 0.717) is 17.8 Å². The molecule has 1 aromatic rings. The van der Waals surface area contributed by atoms with Crippen LogP contribution in [0.5, 0.6) is 0 Å². The van der Waals surface area contributed by atoms with E-state index in [1.807, 2.05) is 18.5 Å². The van der Waals surface area contributed by atoms with Gasteiger partial charge in [-0.15, -0.1) is 0 Å². The van der Waals surface area contributed by atoms with Crippen molar-refractivity contribution in [3.05, 3.63) is 47.8 Å². The van der Waals surface area contributed by atoms with Crippen molar-refractivity contribution in [2.75, 3.05) is 0 Å². The lowest BCUT2D eigenvalue weighted by atomic mass is 9.45. The zero-order valence-electron chi connectivity index (χ0n) is 18.1. The maximum absolute atomic E-state index is 11.8. The highest BCUT2D eigenvalue weighted by molar-refractivity contribution is 5.72. The standard InChI is InChI=1S/C26H33NO3/c1-25-9-7-19(28)14-18(25)12-17(13-23(29)30)24-21-6-5-20(16-4-3-11-27-15-16)26(21,2)10-8-22(24)25/h3-5,11-12,15,17,19,21-22,24,28H,6-10,13-14H2,1-2H3,(H,29,30)/t17-,19-,21+,22+,24+,25+,26-/m1/s1. The molecule has 1 aromatic heterocycles. The number of allylic oxidation sites excluding steroid dienone is 3. The molecule has 0 amide bonds. The molecule has 2 fully saturated rings. The SMILES string of the molecule is C[C@]12CC[C@@H](O)CC1=C[C@H](CC(=O)O)[C@@H]1[C@@H]2CC[C@]2(C)C(c3cccnc3)=CC[C@@H]12. The Kier molecular flexibility index (Phi) is 4.70. The maximum atomic E-state index is 11.8. The van der Waals surface area contributed by atoms with Crippen LogP contribution in [0.2, 0.25) is 0 Å². The first kappa shape index (κ1) is 20.0. The Labute approximate surface area is 179 Å². The minimum absolute atomic E-state index is 0.0622. The molecule has 160 valence electrons. The first-order chi connectivity index (χ1) is 14.3. The Balaban J connectivity index is 1.55. The number of pyridine rings is 1. The summed E-state index contributed by atoms with van der Waals surface area (Å²) in [6.07, 6.45) is 14.3. The second-order valence-electron chi connectivity index (χ2n) is 10.6. The summed E-state index contributed by atoms with van der Waals surface area (Å²) in [6, 6.07) is 4.17. The van der Waals surface area contributed by atoms with Crippen molar-refractivity contribution in [2.24, 2.45) is 34.5 Å². The fourth-order valence-electron chi connectivity index (χ4n) is 7.74. The number of aliphatic hydroxyl groups excluding tert-OH is 1. The number of hydrogen-bond donors (Lipinski definition) is 2.